The first-order valence-electron chi connectivity index (χ1n) is 6.96. The van der Waals surface area contributed by atoms with Gasteiger partial charge < -0.3 is 5.32 Å². The average Bonchev–Trinajstić information content (AvgIpc) is 2.83. The molecule has 0 saturated heterocycles. The average molecular weight is 253 g/mol. The van der Waals surface area contributed by atoms with E-state index in [1.807, 2.05) is 13.2 Å². The van der Waals surface area contributed by atoms with Gasteiger partial charge >= 0.3 is 0 Å². The highest BCUT2D eigenvalue weighted by molar-refractivity contribution is 5.81. The molecule has 1 nitrogen and oxygen atoms in total. The Hall–Kier alpha value is -1.76. The van der Waals surface area contributed by atoms with E-state index in [0.717, 1.165) is 12.8 Å². The molecule has 1 N–H and O–H groups in total. The van der Waals surface area contributed by atoms with E-state index >= 15 is 0 Å². The zero-order valence-electron chi connectivity index (χ0n) is 12.2. The van der Waals surface area contributed by atoms with Gasteiger partial charge in [-0.2, -0.15) is 0 Å². The molecule has 1 aromatic rings. The van der Waals surface area contributed by atoms with Gasteiger partial charge in [0.25, 0.3) is 0 Å². The number of hydrogen-bond donors (Lipinski definition) is 1. The molecule has 0 fully saturated rings. The van der Waals surface area contributed by atoms with Crippen LogP contribution in [0.3, 0.4) is 0 Å². The van der Waals surface area contributed by atoms with Crippen molar-refractivity contribution in [3.63, 3.8) is 0 Å². The van der Waals surface area contributed by atoms with Crippen molar-refractivity contribution in [1.29, 1.82) is 0 Å². The van der Waals surface area contributed by atoms with Crippen molar-refractivity contribution < 1.29 is 0 Å². The van der Waals surface area contributed by atoms with Gasteiger partial charge in [-0.3, -0.25) is 0 Å². The maximum atomic E-state index is 4.34. The van der Waals surface area contributed by atoms with Crippen molar-refractivity contribution in [2.45, 2.75) is 33.1 Å². The molecule has 0 saturated carbocycles. The van der Waals surface area contributed by atoms with Gasteiger partial charge in [-0.05, 0) is 73.2 Å². The molecule has 0 amide bonds. The quantitative estimate of drug-likeness (QED) is 0.831. The third-order valence-electron chi connectivity index (χ3n) is 3.78. The highest BCUT2D eigenvalue weighted by atomic mass is 14.8. The zero-order chi connectivity index (χ0) is 13.8. The molecule has 1 heteroatoms. The lowest BCUT2D eigenvalue weighted by atomic mass is 9.92. The minimum absolute atomic E-state index is 1.15. The van der Waals surface area contributed by atoms with Crippen LogP contribution < -0.4 is 5.32 Å². The summed E-state index contributed by atoms with van der Waals surface area (Å²) < 4.78 is 0. The van der Waals surface area contributed by atoms with E-state index < -0.39 is 0 Å². The highest BCUT2D eigenvalue weighted by Crippen LogP contribution is 2.37. The van der Waals surface area contributed by atoms with E-state index in [1.165, 1.54) is 39.8 Å². The molecule has 1 aromatic carbocycles. The Bertz CT molecular complexity index is 547. The number of benzene rings is 1. The van der Waals surface area contributed by atoms with Crippen LogP contribution in [0.1, 0.15) is 36.0 Å². The third kappa shape index (κ3) is 2.98. The topological polar surface area (TPSA) is 12.0 Å². The number of allylic oxidation sites excluding steroid dienone is 4. The minimum Gasteiger partial charge on any atom is -0.394 e. The van der Waals surface area contributed by atoms with Gasteiger partial charge in [-0.15, -0.1) is 0 Å². The largest absolute Gasteiger partial charge is 0.394 e. The normalized spacial score (nSPS) is 15.3. The molecule has 19 heavy (non-hydrogen) atoms. The van der Waals surface area contributed by atoms with Gasteiger partial charge in [0.05, 0.1) is 0 Å². The molecule has 100 valence electrons. The van der Waals surface area contributed by atoms with Crippen molar-refractivity contribution >= 4 is 5.57 Å². The Labute approximate surface area is 116 Å². The fourth-order valence-corrected chi connectivity index (χ4v) is 2.79. The fraction of sp³-hybridized carbons (Fsp3) is 0.333. The van der Waals surface area contributed by atoms with E-state index in [9.17, 15) is 0 Å². The molecular weight excluding hydrogens is 230 g/mol. The summed E-state index contributed by atoms with van der Waals surface area (Å²) in [5, 5.41) is 3.07. The van der Waals surface area contributed by atoms with Crippen molar-refractivity contribution in [3.8, 4) is 0 Å². The van der Waals surface area contributed by atoms with Crippen LogP contribution in [0.4, 0.5) is 0 Å². The van der Waals surface area contributed by atoms with Gasteiger partial charge in [-0.1, -0.05) is 30.3 Å². The molecule has 0 aromatic heterocycles. The van der Waals surface area contributed by atoms with Crippen molar-refractivity contribution in [1.82, 2.24) is 5.32 Å². The van der Waals surface area contributed by atoms with E-state index in [4.69, 9.17) is 0 Å². The van der Waals surface area contributed by atoms with Crippen LogP contribution in [-0.2, 0) is 0 Å². The smallest absolute Gasteiger partial charge is 0.00277 e. The van der Waals surface area contributed by atoms with Crippen LogP contribution in [0.15, 0.2) is 48.2 Å². The summed E-state index contributed by atoms with van der Waals surface area (Å²) in [6.07, 6.45) is 7.75. The number of nitrogens with one attached hydrogen (secondary N) is 1. The maximum Gasteiger partial charge on any atom is 0.00277 e. The molecule has 0 spiro atoms. The molecule has 1 aliphatic carbocycles. The van der Waals surface area contributed by atoms with Crippen LogP contribution in [0.5, 0.6) is 0 Å². The summed E-state index contributed by atoms with van der Waals surface area (Å²) in [7, 11) is 1.94. The lowest BCUT2D eigenvalue weighted by molar-refractivity contribution is 0.906. The SMILES string of the molecule is C=C(C1=C(/C=C\NC)CCC1)c1ccc(C)cc1C. The molecular formula is C18H23N. The number of hydrogen-bond acceptors (Lipinski definition) is 1. The van der Waals surface area contributed by atoms with Crippen LogP contribution >= 0.6 is 0 Å². The van der Waals surface area contributed by atoms with Crippen molar-refractivity contribution in [2.24, 2.45) is 0 Å². The molecule has 1 aliphatic rings. The lowest BCUT2D eigenvalue weighted by Gasteiger charge is -2.12. The highest BCUT2D eigenvalue weighted by Gasteiger charge is 2.17. The van der Waals surface area contributed by atoms with E-state index in [-0.39, 0.29) is 0 Å². The second-order valence-corrected chi connectivity index (χ2v) is 5.28. The number of aryl methyl sites for hydroxylation is 2. The fourth-order valence-electron chi connectivity index (χ4n) is 2.79. The van der Waals surface area contributed by atoms with E-state index in [1.54, 1.807) is 0 Å². The Morgan fingerprint density at radius 2 is 2.05 bits per heavy atom. The summed E-state index contributed by atoms with van der Waals surface area (Å²) in [4.78, 5) is 0. The summed E-state index contributed by atoms with van der Waals surface area (Å²) in [5.74, 6) is 0. The molecule has 0 unspecified atom stereocenters. The third-order valence-corrected chi connectivity index (χ3v) is 3.78. The molecule has 0 aliphatic heterocycles. The first-order valence-corrected chi connectivity index (χ1v) is 6.96. The molecule has 2 rings (SSSR count). The second-order valence-electron chi connectivity index (χ2n) is 5.28. The van der Waals surface area contributed by atoms with Crippen molar-refractivity contribution in [3.05, 3.63) is 64.9 Å². The maximum absolute atomic E-state index is 4.34. The zero-order valence-corrected chi connectivity index (χ0v) is 12.2. The van der Waals surface area contributed by atoms with Gasteiger partial charge in [0.1, 0.15) is 0 Å². The summed E-state index contributed by atoms with van der Waals surface area (Å²) in [6, 6.07) is 6.61. The van der Waals surface area contributed by atoms with Crippen LogP contribution in [-0.4, -0.2) is 7.05 Å². The predicted octanol–water partition coefficient (Wildman–Crippen LogP) is 4.53. The summed E-state index contributed by atoms with van der Waals surface area (Å²) in [6.45, 7) is 8.65. The van der Waals surface area contributed by atoms with Gasteiger partial charge in [0.2, 0.25) is 0 Å². The first-order chi connectivity index (χ1) is 9.13. The molecule has 0 atom stereocenters. The minimum atomic E-state index is 1.15. The van der Waals surface area contributed by atoms with Crippen molar-refractivity contribution in [2.75, 3.05) is 7.05 Å². The standard InChI is InChI=1S/C18H23N/c1-13-8-9-17(14(2)12-13)15(3)18-7-5-6-16(18)10-11-19-4/h8-12,19H,3,5-7H2,1-2,4H3/b11-10-. The lowest BCUT2D eigenvalue weighted by Crippen LogP contribution is -1.94. The van der Waals surface area contributed by atoms with Gasteiger partial charge in [-0.25, -0.2) is 0 Å². The monoisotopic (exact) mass is 253 g/mol. The summed E-state index contributed by atoms with van der Waals surface area (Å²) in [5.41, 5.74) is 7.98. The molecule has 0 bridgehead atoms. The van der Waals surface area contributed by atoms with Crippen LogP contribution in [0.25, 0.3) is 5.57 Å². The Morgan fingerprint density at radius 3 is 2.74 bits per heavy atom. The summed E-state index contributed by atoms with van der Waals surface area (Å²) >= 11 is 0. The Morgan fingerprint density at radius 1 is 1.26 bits per heavy atom. The van der Waals surface area contributed by atoms with E-state index in [2.05, 4.69) is 50.0 Å². The number of rotatable bonds is 4. The molecule has 0 radical (unpaired) electrons. The Balaban J connectivity index is 2.35. The van der Waals surface area contributed by atoms with Gasteiger partial charge in [0, 0.05) is 7.05 Å². The van der Waals surface area contributed by atoms with Crippen LogP contribution in [0, 0.1) is 13.8 Å². The van der Waals surface area contributed by atoms with E-state index in [0.29, 0.717) is 0 Å². The Kier molecular flexibility index (Phi) is 4.26. The second kappa shape index (κ2) is 5.92. The predicted molar refractivity (Wildman–Crippen MR) is 84.0 cm³/mol. The van der Waals surface area contributed by atoms with Gasteiger partial charge in [0.15, 0.2) is 0 Å². The first kappa shape index (κ1) is 13.7. The van der Waals surface area contributed by atoms with Crippen LogP contribution in [0.2, 0.25) is 0 Å². The molecule has 0 heterocycles.